The fourth-order valence-corrected chi connectivity index (χ4v) is 2.79. The number of aliphatic hydroxyl groups is 1. The first-order valence-corrected chi connectivity index (χ1v) is 8.37. The maximum atomic E-state index is 12.6. The molecule has 3 aromatic carbocycles. The summed E-state index contributed by atoms with van der Waals surface area (Å²) < 4.78 is 0. The highest BCUT2D eigenvalue weighted by Crippen LogP contribution is 2.24. The Balaban J connectivity index is 1.85. The minimum atomic E-state index is -1.26. The van der Waals surface area contributed by atoms with Crippen molar-refractivity contribution in [1.82, 2.24) is 5.32 Å². The van der Waals surface area contributed by atoms with Crippen LogP contribution in [-0.4, -0.2) is 11.0 Å². The van der Waals surface area contributed by atoms with Gasteiger partial charge in [-0.05, 0) is 28.8 Å². The molecule has 126 valence electrons. The van der Waals surface area contributed by atoms with Crippen molar-refractivity contribution < 1.29 is 9.90 Å². The number of benzene rings is 3. The molecule has 0 radical (unpaired) electrons. The third-order valence-electron chi connectivity index (χ3n) is 3.99. The van der Waals surface area contributed by atoms with Crippen LogP contribution >= 0.6 is 11.6 Å². The second kappa shape index (κ2) is 7.97. The minimum absolute atomic E-state index is 0.336. The van der Waals surface area contributed by atoms with Gasteiger partial charge in [0.2, 0.25) is 0 Å². The molecule has 0 heterocycles. The van der Waals surface area contributed by atoms with Crippen molar-refractivity contribution in [1.29, 1.82) is 0 Å². The van der Waals surface area contributed by atoms with E-state index in [4.69, 9.17) is 11.6 Å². The Morgan fingerprint density at radius 2 is 1.24 bits per heavy atom. The second-order valence-electron chi connectivity index (χ2n) is 5.72. The molecule has 25 heavy (non-hydrogen) atoms. The standard InChI is InChI=1S/C21H18ClNO2/c22-18-13-11-17(12-14-18)20(24)21(25)23-19(15-7-3-1-4-8-15)16-9-5-2-6-10-16/h1-14,19-20,24H,(H,23,25). The van der Waals surface area contributed by atoms with Gasteiger partial charge in [0.1, 0.15) is 0 Å². The smallest absolute Gasteiger partial charge is 0.254 e. The van der Waals surface area contributed by atoms with Gasteiger partial charge in [-0.2, -0.15) is 0 Å². The average Bonchev–Trinajstić information content (AvgIpc) is 2.67. The molecule has 0 saturated heterocycles. The number of hydrogen-bond donors (Lipinski definition) is 2. The summed E-state index contributed by atoms with van der Waals surface area (Å²) in [6.07, 6.45) is -1.26. The predicted molar refractivity (Wildman–Crippen MR) is 99.3 cm³/mol. The van der Waals surface area contributed by atoms with Gasteiger partial charge in [0.05, 0.1) is 6.04 Å². The monoisotopic (exact) mass is 351 g/mol. The van der Waals surface area contributed by atoms with E-state index in [0.717, 1.165) is 11.1 Å². The molecule has 1 amide bonds. The molecular formula is C21H18ClNO2. The van der Waals surface area contributed by atoms with Gasteiger partial charge in [-0.3, -0.25) is 4.79 Å². The highest BCUT2D eigenvalue weighted by Gasteiger charge is 2.22. The Morgan fingerprint density at radius 3 is 1.72 bits per heavy atom. The van der Waals surface area contributed by atoms with Gasteiger partial charge < -0.3 is 10.4 Å². The van der Waals surface area contributed by atoms with Crippen LogP contribution in [0.2, 0.25) is 5.02 Å². The number of carbonyl (C=O) groups is 1. The normalized spacial score (nSPS) is 12.0. The van der Waals surface area contributed by atoms with Gasteiger partial charge in [0.15, 0.2) is 6.10 Å². The van der Waals surface area contributed by atoms with Crippen LogP contribution in [0, 0.1) is 0 Å². The van der Waals surface area contributed by atoms with E-state index in [9.17, 15) is 9.90 Å². The van der Waals surface area contributed by atoms with E-state index in [-0.39, 0.29) is 6.04 Å². The summed E-state index contributed by atoms with van der Waals surface area (Å²) in [6.45, 7) is 0. The third-order valence-corrected chi connectivity index (χ3v) is 4.24. The zero-order valence-corrected chi connectivity index (χ0v) is 14.2. The molecule has 0 aliphatic carbocycles. The van der Waals surface area contributed by atoms with Crippen LogP contribution in [0.3, 0.4) is 0 Å². The Kier molecular flexibility index (Phi) is 5.49. The molecule has 1 atom stereocenters. The highest BCUT2D eigenvalue weighted by molar-refractivity contribution is 6.30. The molecule has 3 aromatic rings. The number of hydrogen-bond acceptors (Lipinski definition) is 2. The van der Waals surface area contributed by atoms with E-state index in [0.29, 0.717) is 10.6 Å². The van der Waals surface area contributed by atoms with E-state index in [2.05, 4.69) is 5.32 Å². The minimum Gasteiger partial charge on any atom is -0.378 e. The Labute approximate surface area is 151 Å². The first-order chi connectivity index (χ1) is 12.1. The summed E-state index contributed by atoms with van der Waals surface area (Å²) in [6, 6.07) is 25.6. The first kappa shape index (κ1) is 17.2. The molecule has 0 aliphatic rings. The summed E-state index contributed by atoms with van der Waals surface area (Å²) in [5, 5.41) is 13.9. The maximum Gasteiger partial charge on any atom is 0.254 e. The molecule has 1 unspecified atom stereocenters. The molecule has 0 saturated carbocycles. The van der Waals surface area contributed by atoms with Crippen molar-refractivity contribution in [2.75, 3.05) is 0 Å². The zero-order valence-electron chi connectivity index (χ0n) is 13.5. The second-order valence-corrected chi connectivity index (χ2v) is 6.15. The van der Waals surface area contributed by atoms with E-state index < -0.39 is 12.0 Å². The fourth-order valence-electron chi connectivity index (χ4n) is 2.67. The summed E-state index contributed by atoms with van der Waals surface area (Å²) >= 11 is 5.86. The molecular weight excluding hydrogens is 334 g/mol. The molecule has 2 N–H and O–H groups in total. The summed E-state index contributed by atoms with van der Waals surface area (Å²) in [4.78, 5) is 12.6. The molecule has 3 rings (SSSR count). The number of carbonyl (C=O) groups excluding carboxylic acids is 1. The first-order valence-electron chi connectivity index (χ1n) is 7.99. The van der Waals surface area contributed by atoms with Crippen LogP contribution in [0.25, 0.3) is 0 Å². The highest BCUT2D eigenvalue weighted by atomic mass is 35.5. The molecule has 3 nitrogen and oxygen atoms in total. The SMILES string of the molecule is O=C(NC(c1ccccc1)c1ccccc1)C(O)c1ccc(Cl)cc1. The van der Waals surface area contributed by atoms with E-state index >= 15 is 0 Å². The van der Waals surface area contributed by atoms with Crippen LogP contribution in [-0.2, 0) is 4.79 Å². The van der Waals surface area contributed by atoms with Crippen molar-refractivity contribution in [2.24, 2.45) is 0 Å². The van der Waals surface area contributed by atoms with E-state index in [1.54, 1.807) is 24.3 Å². The fraction of sp³-hybridized carbons (Fsp3) is 0.0952. The largest absolute Gasteiger partial charge is 0.378 e. The number of nitrogens with one attached hydrogen (secondary N) is 1. The lowest BCUT2D eigenvalue weighted by atomic mass is 9.98. The average molecular weight is 352 g/mol. The van der Waals surface area contributed by atoms with Crippen molar-refractivity contribution in [3.05, 3.63) is 107 Å². The molecule has 0 aromatic heterocycles. The van der Waals surface area contributed by atoms with Gasteiger partial charge in [0, 0.05) is 5.02 Å². The van der Waals surface area contributed by atoms with Gasteiger partial charge in [-0.1, -0.05) is 84.4 Å². The van der Waals surface area contributed by atoms with Gasteiger partial charge in [0.25, 0.3) is 5.91 Å². The predicted octanol–water partition coefficient (Wildman–Crippen LogP) is 4.28. The lowest BCUT2D eigenvalue weighted by Crippen LogP contribution is -2.33. The topological polar surface area (TPSA) is 49.3 Å². The van der Waals surface area contributed by atoms with Crippen molar-refractivity contribution in [2.45, 2.75) is 12.1 Å². The van der Waals surface area contributed by atoms with Crippen molar-refractivity contribution in [3.8, 4) is 0 Å². The van der Waals surface area contributed by atoms with Crippen LogP contribution in [0.4, 0.5) is 0 Å². The van der Waals surface area contributed by atoms with Crippen LogP contribution in [0.1, 0.15) is 28.8 Å². The number of amides is 1. The van der Waals surface area contributed by atoms with Gasteiger partial charge in [-0.15, -0.1) is 0 Å². The molecule has 0 aliphatic heterocycles. The van der Waals surface area contributed by atoms with Crippen LogP contribution < -0.4 is 5.32 Å². The third kappa shape index (κ3) is 4.27. The van der Waals surface area contributed by atoms with E-state index in [1.165, 1.54) is 0 Å². The Hall–Kier alpha value is -2.62. The van der Waals surface area contributed by atoms with Crippen molar-refractivity contribution >= 4 is 17.5 Å². The lowest BCUT2D eigenvalue weighted by molar-refractivity contribution is -0.130. The number of halogens is 1. The summed E-state index contributed by atoms with van der Waals surface area (Å²) in [5.41, 5.74) is 2.40. The molecule has 4 heteroatoms. The Morgan fingerprint density at radius 1 is 0.760 bits per heavy atom. The quantitative estimate of drug-likeness (QED) is 0.720. The molecule has 0 fully saturated rings. The lowest BCUT2D eigenvalue weighted by Gasteiger charge is -2.22. The van der Waals surface area contributed by atoms with Gasteiger partial charge in [-0.25, -0.2) is 0 Å². The number of aliphatic hydroxyl groups excluding tert-OH is 1. The number of rotatable bonds is 5. The van der Waals surface area contributed by atoms with Crippen LogP contribution in [0.15, 0.2) is 84.9 Å². The maximum absolute atomic E-state index is 12.6. The molecule has 0 spiro atoms. The van der Waals surface area contributed by atoms with E-state index in [1.807, 2.05) is 60.7 Å². The Bertz CT molecular complexity index is 780. The van der Waals surface area contributed by atoms with Crippen LogP contribution in [0.5, 0.6) is 0 Å². The van der Waals surface area contributed by atoms with Crippen molar-refractivity contribution in [3.63, 3.8) is 0 Å². The summed E-state index contributed by atoms with van der Waals surface area (Å²) in [7, 11) is 0. The summed E-state index contributed by atoms with van der Waals surface area (Å²) in [5.74, 6) is -0.458. The molecule has 0 bridgehead atoms. The zero-order chi connectivity index (χ0) is 17.6. The van der Waals surface area contributed by atoms with Gasteiger partial charge >= 0.3 is 0 Å².